The van der Waals surface area contributed by atoms with Gasteiger partial charge in [-0.25, -0.2) is 0 Å². The lowest BCUT2D eigenvalue weighted by atomic mass is 10.0. The number of ether oxygens (including phenoxy) is 2. The molecule has 6 nitrogen and oxygen atoms in total. The van der Waals surface area contributed by atoms with E-state index in [1.165, 1.54) is 5.56 Å². The van der Waals surface area contributed by atoms with E-state index in [1.54, 1.807) is 14.2 Å². The van der Waals surface area contributed by atoms with Crippen LogP contribution in [-0.2, 0) is 4.74 Å². The lowest BCUT2D eigenvalue weighted by molar-refractivity contribution is 0.180. The monoisotopic (exact) mass is 364 g/mol. The van der Waals surface area contributed by atoms with E-state index in [2.05, 4.69) is 53.6 Å². The summed E-state index contributed by atoms with van der Waals surface area (Å²) >= 11 is 0. The average Bonchev–Trinajstić information content (AvgIpc) is 2.64. The molecule has 1 aromatic rings. The number of methoxy groups -OCH3 is 1. The second-order valence-electron chi connectivity index (χ2n) is 6.62. The second-order valence-corrected chi connectivity index (χ2v) is 6.62. The van der Waals surface area contributed by atoms with Crippen molar-refractivity contribution in [3.8, 4) is 5.75 Å². The number of hydrogen-bond donors (Lipinski definition) is 2. The summed E-state index contributed by atoms with van der Waals surface area (Å²) in [5, 5.41) is 6.62. The molecule has 0 saturated heterocycles. The van der Waals surface area contributed by atoms with E-state index in [1.807, 2.05) is 12.1 Å². The number of rotatable bonds is 12. The summed E-state index contributed by atoms with van der Waals surface area (Å²) in [4.78, 5) is 6.53. The van der Waals surface area contributed by atoms with Crippen molar-refractivity contribution >= 4 is 5.96 Å². The molecule has 0 fully saturated rings. The van der Waals surface area contributed by atoms with Gasteiger partial charge in [0, 0.05) is 40.4 Å². The topological polar surface area (TPSA) is 58.1 Å². The summed E-state index contributed by atoms with van der Waals surface area (Å²) in [5.41, 5.74) is 1.24. The maximum absolute atomic E-state index is 5.93. The molecule has 0 aliphatic heterocycles. The number of para-hydroxylation sites is 1. The number of guanidine groups is 1. The summed E-state index contributed by atoms with van der Waals surface area (Å²) in [6, 6.07) is 8.22. The van der Waals surface area contributed by atoms with Crippen LogP contribution in [0.1, 0.15) is 31.7 Å². The first-order chi connectivity index (χ1) is 12.6. The van der Waals surface area contributed by atoms with Gasteiger partial charge in [0.2, 0.25) is 0 Å². The Morgan fingerprint density at radius 2 is 1.85 bits per heavy atom. The van der Waals surface area contributed by atoms with Gasteiger partial charge >= 0.3 is 0 Å². The van der Waals surface area contributed by atoms with Crippen LogP contribution in [0.25, 0.3) is 0 Å². The fraction of sp³-hybridized carbons (Fsp3) is 0.650. The molecule has 148 valence electrons. The molecule has 0 amide bonds. The number of likely N-dealkylation sites (N-methyl/N-ethyl adjacent to an activating group) is 1. The van der Waals surface area contributed by atoms with Crippen LogP contribution in [0.4, 0.5) is 0 Å². The van der Waals surface area contributed by atoms with Crippen LogP contribution in [-0.4, -0.2) is 71.5 Å². The molecule has 2 N–H and O–H groups in total. The average molecular weight is 365 g/mol. The summed E-state index contributed by atoms with van der Waals surface area (Å²) < 4.78 is 11.0. The largest absolute Gasteiger partial charge is 0.491 e. The Morgan fingerprint density at radius 3 is 2.54 bits per heavy atom. The van der Waals surface area contributed by atoms with Crippen molar-refractivity contribution in [2.45, 2.75) is 26.2 Å². The van der Waals surface area contributed by atoms with Crippen LogP contribution in [0.2, 0.25) is 0 Å². The normalized spacial score (nSPS) is 11.9. The first kappa shape index (κ1) is 22.3. The molecule has 0 aromatic heterocycles. The van der Waals surface area contributed by atoms with Crippen LogP contribution in [0, 0.1) is 0 Å². The Hall–Kier alpha value is -1.79. The van der Waals surface area contributed by atoms with E-state index in [-0.39, 0.29) is 0 Å². The minimum Gasteiger partial charge on any atom is -0.491 e. The van der Waals surface area contributed by atoms with Crippen molar-refractivity contribution in [3.05, 3.63) is 29.8 Å². The summed E-state index contributed by atoms with van der Waals surface area (Å²) in [7, 11) is 5.64. The molecule has 0 bridgehead atoms. The van der Waals surface area contributed by atoms with E-state index < -0.39 is 0 Å². The number of hydrogen-bond acceptors (Lipinski definition) is 4. The molecule has 0 radical (unpaired) electrons. The van der Waals surface area contributed by atoms with Crippen LogP contribution in [0.3, 0.4) is 0 Å². The predicted octanol–water partition coefficient (Wildman–Crippen LogP) is 2.32. The molecule has 0 atom stereocenters. The van der Waals surface area contributed by atoms with Gasteiger partial charge in [-0.2, -0.15) is 0 Å². The van der Waals surface area contributed by atoms with Crippen LogP contribution in [0.5, 0.6) is 5.75 Å². The SMILES string of the molecule is CN=C(NCCOc1ccccc1C(C)C)NCCN(C)CCCOC. The smallest absolute Gasteiger partial charge is 0.191 e. The Morgan fingerprint density at radius 1 is 1.12 bits per heavy atom. The van der Waals surface area contributed by atoms with Crippen molar-refractivity contribution in [3.63, 3.8) is 0 Å². The first-order valence-corrected chi connectivity index (χ1v) is 9.42. The number of benzene rings is 1. The van der Waals surface area contributed by atoms with Gasteiger partial charge < -0.3 is 25.0 Å². The predicted molar refractivity (Wildman–Crippen MR) is 109 cm³/mol. The number of nitrogens with zero attached hydrogens (tertiary/aromatic N) is 2. The van der Waals surface area contributed by atoms with Crippen molar-refractivity contribution in [1.82, 2.24) is 15.5 Å². The second kappa shape index (κ2) is 13.4. The zero-order chi connectivity index (χ0) is 19.2. The van der Waals surface area contributed by atoms with Gasteiger partial charge in [0.05, 0.1) is 6.54 Å². The van der Waals surface area contributed by atoms with Crippen LogP contribution >= 0.6 is 0 Å². The third-order valence-corrected chi connectivity index (χ3v) is 4.09. The molecule has 0 heterocycles. The molecular weight excluding hydrogens is 328 g/mol. The maximum atomic E-state index is 5.93. The highest BCUT2D eigenvalue weighted by Crippen LogP contribution is 2.25. The fourth-order valence-electron chi connectivity index (χ4n) is 2.60. The molecule has 0 aliphatic carbocycles. The standard InChI is InChI=1S/C20H36N4O2/c1-17(2)18-9-6-7-10-19(18)26-16-12-23-20(21-3)22-11-14-24(4)13-8-15-25-5/h6-7,9-10,17H,8,11-16H2,1-5H3,(H2,21,22,23). The van der Waals surface area contributed by atoms with Gasteiger partial charge in [-0.3, -0.25) is 4.99 Å². The third-order valence-electron chi connectivity index (χ3n) is 4.09. The molecule has 0 unspecified atom stereocenters. The summed E-state index contributed by atoms with van der Waals surface area (Å²) in [6.45, 7) is 9.31. The van der Waals surface area contributed by atoms with Crippen molar-refractivity contribution in [1.29, 1.82) is 0 Å². The third kappa shape index (κ3) is 9.06. The summed E-state index contributed by atoms with van der Waals surface area (Å²) in [6.07, 6.45) is 1.05. The zero-order valence-corrected chi connectivity index (χ0v) is 17.0. The molecule has 0 spiro atoms. The van der Waals surface area contributed by atoms with Gasteiger partial charge in [-0.1, -0.05) is 32.0 Å². The molecule has 1 aromatic carbocycles. The molecule has 0 saturated carbocycles. The minimum absolute atomic E-state index is 0.453. The van der Waals surface area contributed by atoms with Crippen molar-refractivity contribution < 1.29 is 9.47 Å². The molecule has 0 aliphatic rings. The van der Waals surface area contributed by atoms with E-state index in [0.717, 1.165) is 44.4 Å². The number of aliphatic imine (C=N–C) groups is 1. The Kier molecular flexibility index (Phi) is 11.5. The van der Waals surface area contributed by atoms with E-state index >= 15 is 0 Å². The molecular formula is C20H36N4O2. The van der Waals surface area contributed by atoms with Gasteiger partial charge in [-0.05, 0) is 31.0 Å². The van der Waals surface area contributed by atoms with E-state index in [9.17, 15) is 0 Å². The minimum atomic E-state index is 0.453. The fourth-order valence-corrected chi connectivity index (χ4v) is 2.60. The van der Waals surface area contributed by atoms with Gasteiger partial charge in [-0.15, -0.1) is 0 Å². The van der Waals surface area contributed by atoms with E-state index in [4.69, 9.17) is 9.47 Å². The maximum Gasteiger partial charge on any atom is 0.191 e. The number of nitrogens with one attached hydrogen (secondary N) is 2. The molecule has 26 heavy (non-hydrogen) atoms. The van der Waals surface area contributed by atoms with Gasteiger partial charge in [0.25, 0.3) is 0 Å². The van der Waals surface area contributed by atoms with Gasteiger partial charge in [0.1, 0.15) is 12.4 Å². The van der Waals surface area contributed by atoms with Crippen LogP contribution in [0.15, 0.2) is 29.3 Å². The van der Waals surface area contributed by atoms with E-state index in [0.29, 0.717) is 19.1 Å². The zero-order valence-electron chi connectivity index (χ0n) is 17.0. The highest BCUT2D eigenvalue weighted by molar-refractivity contribution is 5.79. The summed E-state index contributed by atoms with van der Waals surface area (Å²) in [5.74, 6) is 2.22. The Bertz CT molecular complexity index is 520. The molecule has 1 rings (SSSR count). The lowest BCUT2D eigenvalue weighted by Gasteiger charge is -2.18. The Balaban J connectivity index is 2.23. The highest BCUT2D eigenvalue weighted by atomic mass is 16.5. The molecule has 6 heteroatoms. The van der Waals surface area contributed by atoms with Crippen molar-refractivity contribution in [2.75, 3.05) is 60.6 Å². The Labute approximate surface area is 159 Å². The quantitative estimate of drug-likeness (QED) is 0.339. The highest BCUT2D eigenvalue weighted by Gasteiger charge is 2.06. The van der Waals surface area contributed by atoms with Crippen molar-refractivity contribution in [2.24, 2.45) is 4.99 Å². The van der Waals surface area contributed by atoms with Gasteiger partial charge in [0.15, 0.2) is 5.96 Å². The first-order valence-electron chi connectivity index (χ1n) is 9.42. The van der Waals surface area contributed by atoms with Crippen LogP contribution < -0.4 is 15.4 Å². The lowest BCUT2D eigenvalue weighted by Crippen LogP contribution is -2.42.